The number of likely N-dealkylation sites (tertiary alicyclic amines) is 1. The lowest BCUT2D eigenvalue weighted by Crippen LogP contribution is -2.55. The van der Waals surface area contributed by atoms with Crippen molar-refractivity contribution in [2.24, 2.45) is 0 Å². The molecule has 2 aromatic rings. The standard InChI is InChI=1S/C20H25FN4O3/c21-15-1-3-17(4-2-15)27-13-18-11-25(20(26)14-28-18)16-5-9-24(10-6-16)12-19-22-7-8-23-19/h1-4,7-8,16,18H,5-6,9-14H2,(H,22,23). The Labute approximate surface area is 163 Å². The second-order valence-corrected chi connectivity index (χ2v) is 7.29. The Bertz CT molecular complexity index is 760. The van der Waals surface area contributed by atoms with Gasteiger partial charge in [0.1, 0.15) is 36.7 Å². The number of amides is 1. The highest BCUT2D eigenvalue weighted by molar-refractivity contribution is 5.78. The second-order valence-electron chi connectivity index (χ2n) is 7.29. The van der Waals surface area contributed by atoms with Gasteiger partial charge in [-0.1, -0.05) is 0 Å². The minimum Gasteiger partial charge on any atom is -0.491 e. The molecule has 0 saturated carbocycles. The molecule has 1 amide bonds. The first-order valence-corrected chi connectivity index (χ1v) is 9.67. The average molecular weight is 388 g/mol. The van der Waals surface area contributed by atoms with E-state index in [1.54, 1.807) is 18.3 Å². The van der Waals surface area contributed by atoms with Crippen LogP contribution in [0.5, 0.6) is 5.75 Å². The van der Waals surface area contributed by atoms with Crippen LogP contribution in [-0.2, 0) is 16.1 Å². The summed E-state index contributed by atoms with van der Waals surface area (Å²) in [5.41, 5.74) is 0. The number of aromatic amines is 1. The molecule has 4 rings (SSSR count). The van der Waals surface area contributed by atoms with E-state index in [4.69, 9.17) is 9.47 Å². The normalized spacial score (nSPS) is 21.8. The number of imidazole rings is 1. The van der Waals surface area contributed by atoms with Crippen LogP contribution in [0.4, 0.5) is 4.39 Å². The number of carbonyl (C=O) groups is 1. The van der Waals surface area contributed by atoms with Crippen molar-refractivity contribution in [1.82, 2.24) is 19.8 Å². The quantitative estimate of drug-likeness (QED) is 0.818. The van der Waals surface area contributed by atoms with Gasteiger partial charge in [-0.25, -0.2) is 9.37 Å². The maximum atomic E-state index is 13.0. The van der Waals surface area contributed by atoms with Crippen molar-refractivity contribution >= 4 is 5.91 Å². The number of nitrogens with one attached hydrogen (secondary N) is 1. The van der Waals surface area contributed by atoms with E-state index >= 15 is 0 Å². The van der Waals surface area contributed by atoms with Crippen molar-refractivity contribution in [3.05, 3.63) is 48.3 Å². The number of carbonyl (C=O) groups excluding carboxylic acids is 1. The summed E-state index contributed by atoms with van der Waals surface area (Å²) < 4.78 is 24.3. The highest BCUT2D eigenvalue weighted by atomic mass is 19.1. The van der Waals surface area contributed by atoms with Gasteiger partial charge in [-0.05, 0) is 37.1 Å². The summed E-state index contributed by atoms with van der Waals surface area (Å²) in [6.45, 7) is 3.64. The van der Waals surface area contributed by atoms with E-state index in [0.29, 0.717) is 18.9 Å². The molecule has 3 heterocycles. The van der Waals surface area contributed by atoms with Crippen LogP contribution in [0.2, 0.25) is 0 Å². The molecule has 1 aromatic carbocycles. The molecule has 2 saturated heterocycles. The first-order chi connectivity index (χ1) is 13.7. The minimum atomic E-state index is -0.295. The van der Waals surface area contributed by atoms with E-state index in [0.717, 1.165) is 38.3 Å². The van der Waals surface area contributed by atoms with Gasteiger partial charge < -0.3 is 19.4 Å². The summed E-state index contributed by atoms with van der Waals surface area (Å²) in [5.74, 6) is 1.32. The molecule has 2 aliphatic rings. The monoisotopic (exact) mass is 388 g/mol. The highest BCUT2D eigenvalue weighted by Gasteiger charge is 2.33. The van der Waals surface area contributed by atoms with Gasteiger partial charge in [0, 0.05) is 31.5 Å². The van der Waals surface area contributed by atoms with Crippen LogP contribution < -0.4 is 4.74 Å². The van der Waals surface area contributed by atoms with Gasteiger partial charge in [0.05, 0.1) is 13.1 Å². The lowest BCUT2D eigenvalue weighted by Gasteiger charge is -2.42. The third kappa shape index (κ3) is 4.69. The lowest BCUT2D eigenvalue weighted by atomic mass is 10.0. The molecular weight excluding hydrogens is 363 g/mol. The number of aromatic nitrogens is 2. The third-order valence-corrected chi connectivity index (χ3v) is 5.34. The van der Waals surface area contributed by atoms with Crippen LogP contribution in [0.25, 0.3) is 0 Å². The van der Waals surface area contributed by atoms with Gasteiger partial charge in [-0.3, -0.25) is 9.69 Å². The summed E-state index contributed by atoms with van der Waals surface area (Å²) in [6, 6.07) is 6.15. The summed E-state index contributed by atoms with van der Waals surface area (Å²) >= 11 is 0. The number of H-pyrrole nitrogens is 1. The first kappa shape index (κ1) is 18.9. The lowest BCUT2D eigenvalue weighted by molar-refractivity contribution is -0.155. The maximum Gasteiger partial charge on any atom is 0.248 e. The summed E-state index contributed by atoms with van der Waals surface area (Å²) in [4.78, 5) is 24.1. The third-order valence-electron chi connectivity index (χ3n) is 5.34. The van der Waals surface area contributed by atoms with E-state index in [2.05, 4.69) is 14.9 Å². The molecule has 1 aromatic heterocycles. The molecule has 2 aliphatic heterocycles. The number of hydrogen-bond donors (Lipinski definition) is 1. The predicted octanol–water partition coefficient (Wildman–Crippen LogP) is 1.82. The fraction of sp³-hybridized carbons (Fsp3) is 0.500. The zero-order chi connectivity index (χ0) is 19.3. The molecule has 2 fully saturated rings. The molecule has 1 N–H and O–H groups in total. The van der Waals surface area contributed by atoms with E-state index in [9.17, 15) is 9.18 Å². The fourth-order valence-corrected chi connectivity index (χ4v) is 3.80. The molecule has 0 aliphatic carbocycles. The molecule has 0 bridgehead atoms. The number of nitrogens with zero attached hydrogens (tertiary/aromatic N) is 3. The Hall–Kier alpha value is -2.45. The number of benzene rings is 1. The van der Waals surface area contributed by atoms with Crippen LogP contribution in [0.1, 0.15) is 18.7 Å². The Balaban J connectivity index is 1.26. The molecule has 0 spiro atoms. The second kappa shape index (κ2) is 8.70. The smallest absolute Gasteiger partial charge is 0.248 e. The van der Waals surface area contributed by atoms with Crippen molar-refractivity contribution in [1.29, 1.82) is 0 Å². The number of halogens is 1. The molecular formula is C20H25FN4O3. The van der Waals surface area contributed by atoms with Crippen molar-refractivity contribution in [3.8, 4) is 5.75 Å². The molecule has 150 valence electrons. The van der Waals surface area contributed by atoms with Crippen LogP contribution >= 0.6 is 0 Å². The van der Waals surface area contributed by atoms with E-state index in [1.165, 1.54) is 12.1 Å². The van der Waals surface area contributed by atoms with Gasteiger partial charge in [-0.2, -0.15) is 0 Å². The first-order valence-electron chi connectivity index (χ1n) is 9.67. The van der Waals surface area contributed by atoms with Crippen molar-refractivity contribution in [2.45, 2.75) is 31.5 Å². The molecule has 1 unspecified atom stereocenters. The van der Waals surface area contributed by atoms with Crippen molar-refractivity contribution < 1.29 is 18.7 Å². The number of rotatable bonds is 6. The fourth-order valence-electron chi connectivity index (χ4n) is 3.80. The molecule has 8 heteroatoms. The summed E-state index contributed by atoms with van der Waals surface area (Å²) in [6.07, 6.45) is 5.31. The van der Waals surface area contributed by atoms with E-state index in [1.807, 2.05) is 11.1 Å². The Morgan fingerprint density at radius 2 is 2.04 bits per heavy atom. The van der Waals surface area contributed by atoms with Crippen LogP contribution in [0, 0.1) is 5.82 Å². The van der Waals surface area contributed by atoms with Gasteiger partial charge >= 0.3 is 0 Å². The van der Waals surface area contributed by atoms with Gasteiger partial charge in [0.25, 0.3) is 0 Å². The summed E-state index contributed by atoms with van der Waals surface area (Å²) in [7, 11) is 0. The summed E-state index contributed by atoms with van der Waals surface area (Å²) in [5, 5.41) is 0. The Kier molecular flexibility index (Phi) is 5.87. The maximum absolute atomic E-state index is 13.0. The van der Waals surface area contributed by atoms with Gasteiger partial charge in [0.15, 0.2) is 0 Å². The van der Waals surface area contributed by atoms with Gasteiger partial charge in [-0.15, -0.1) is 0 Å². The average Bonchev–Trinajstić information content (AvgIpc) is 3.22. The highest BCUT2D eigenvalue weighted by Crippen LogP contribution is 2.21. The molecule has 1 atom stereocenters. The Morgan fingerprint density at radius 3 is 2.75 bits per heavy atom. The van der Waals surface area contributed by atoms with Crippen LogP contribution in [0.3, 0.4) is 0 Å². The number of morpholine rings is 1. The van der Waals surface area contributed by atoms with Crippen molar-refractivity contribution in [2.75, 3.05) is 32.8 Å². The molecule has 0 radical (unpaired) electrons. The largest absolute Gasteiger partial charge is 0.491 e. The topological polar surface area (TPSA) is 70.7 Å². The van der Waals surface area contributed by atoms with Crippen molar-refractivity contribution in [3.63, 3.8) is 0 Å². The molecule has 7 nitrogen and oxygen atoms in total. The van der Waals surface area contributed by atoms with E-state index in [-0.39, 0.29) is 30.5 Å². The number of hydrogen-bond acceptors (Lipinski definition) is 5. The van der Waals surface area contributed by atoms with Crippen LogP contribution in [-0.4, -0.2) is 70.7 Å². The van der Waals surface area contributed by atoms with Crippen LogP contribution in [0.15, 0.2) is 36.7 Å². The number of piperidine rings is 1. The number of ether oxygens (including phenoxy) is 2. The predicted molar refractivity (Wildman–Crippen MR) is 100 cm³/mol. The zero-order valence-corrected chi connectivity index (χ0v) is 15.7. The van der Waals surface area contributed by atoms with E-state index < -0.39 is 0 Å². The zero-order valence-electron chi connectivity index (χ0n) is 15.7. The van der Waals surface area contributed by atoms with Gasteiger partial charge in [0.2, 0.25) is 5.91 Å². The minimum absolute atomic E-state index is 0.0440. The Morgan fingerprint density at radius 1 is 1.25 bits per heavy atom. The SMILES string of the molecule is O=C1COC(COc2ccc(F)cc2)CN1C1CCN(Cc2ncc[nH]2)CC1. The molecule has 28 heavy (non-hydrogen) atoms.